The number of oxime groups is 1. The summed E-state index contributed by atoms with van der Waals surface area (Å²) in [6.45, 7) is 2.08. The fourth-order valence-corrected chi connectivity index (χ4v) is 2.51. The third-order valence-electron chi connectivity index (χ3n) is 3.74. The van der Waals surface area contributed by atoms with E-state index < -0.39 is 0 Å². The van der Waals surface area contributed by atoms with Gasteiger partial charge in [0.05, 0.1) is 0 Å². The van der Waals surface area contributed by atoms with Gasteiger partial charge in [0.1, 0.15) is 11.8 Å². The molecule has 1 aliphatic heterocycles. The van der Waals surface area contributed by atoms with Crippen LogP contribution in [0.2, 0.25) is 0 Å². The number of aryl methyl sites for hydroxylation is 1. The van der Waals surface area contributed by atoms with Gasteiger partial charge in [-0.2, -0.15) is 0 Å². The van der Waals surface area contributed by atoms with Crippen molar-refractivity contribution in [3.05, 3.63) is 71.3 Å². The molecule has 0 radical (unpaired) electrons. The summed E-state index contributed by atoms with van der Waals surface area (Å²) in [5, 5.41) is 3.99. The second-order valence-corrected chi connectivity index (χ2v) is 5.30. The molecule has 106 valence electrons. The van der Waals surface area contributed by atoms with Gasteiger partial charge in [0.15, 0.2) is 0 Å². The zero-order valence-corrected chi connectivity index (χ0v) is 12.0. The van der Waals surface area contributed by atoms with Gasteiger partial charge in [-0.25, -0.2) is 0 Å². The third-order valence-corrected chi connectivity index (χ3v) is 3.74. The number of nitrogens with zero attached hydrogens (tertiary/aromatic N) is 1. The summed E-state index contributed by atoms with van der Waals surface area (Å²) in [6, 6.07) is 17.4. The minimum atomic E-state index is -0.0474. The Labute approximate surface area is 124 Å². The summed E-state index contributed by atoms with van der Waals surface area (Å²) in [7, 11) is 0. The van der Waals surface area contributed by atoms with Gasteiger partial charge in [-0.1, -0.05) is 59.8 Å². The normalized spacial score (nSPS) is 17.2. The summed E-state index contributed by atoms with van der Waals surface area (Å²) in [4.78, 5) is 17.7. The van der Waals surface area contributed by atoms with Crippen LogP contribution in [0, 0.1) is 6.92 Å². The van der Waals surface area contributed by atoms with E-state index in [1.165, 1.54) is 11.1 Å². The highest BCUT2D eigenvalue weighted by molar-refractivity contribution is 6.46. The van der Waals surface area contributed by atoms with Gasteiger partial charge in [-0.05, 0) is 18.1 Å². The number of benzene rings is 2. The van der Waals surface area contributed by atoms with E-state index >= 15 is 0 Å². The maximum atomic E-state index is 12.3. The topological polar surface area (TPSA) is 38.7 Å². The van der Waals surface area contributed by atoms with E-state index in [1.807, 2.05) is 30.3 Å². The van der Waals surface area contributed by atoms with Crippen molar-refractivity contribution in [3.63, 3.8) is 0 Å². The van der Waals surface area contributed by atoms with Crippen molar-refractivity contribution in [2.45, 2.75) is 25.9 Å². The summed E-state index contributed by atoms with van der Waals surface area (Å²) in [6.07, 6.45) is 1.30. The van der Waals surface area contributed by atoms with E-state index in [0.717, 1.165) is 6.42 Å². The van der Waals surface area contributed by atoms with Crippen LogP contribution in [0.15, 0.2) is 59.8 Å². The Morgan fingerprint density at radius 2 is 1.86 bits per heavy atom. The Morgan fingerprint density at radius 3 is 2.62 bits per heavy atom. The zero-order valence-electron chi connectivity index (χ0n) is 12.0. The summed E-state index contributed by atoms with van der Waals surface area (Å²) >= 11 is 0. The fraction of sp³-hybridized carbons (Fsp3) is 0.222. The maximum Gasteiger partial charge on any atom is 0.210 e. The van der Waals surface area contributed by atoms with Gasteiger partial charge in [0.25, 0.3) is 0 Å². The van der Waals surface area contributed by atoms with Crippen molar-refractivity contribution in [1.82, 2.24) is 0 Å². The predicted molar refractivity (Wildman–Crippen MR) is 82.6 cm³/mol. The highest BCUT2D eigenvalue weighted by Gasteiger charge is 2.27. The molecule has 1 atom stereocenters. The van der Waals surface area contributed by atoms with Crippen molar-refractivity contribution in [1.29, 1.82) is 0 Å². The molecule has 1 aliphatic rings. The smallest absolute Gasteiger partial charge is 0.210 e. The minimum Gasteiger partial charge on any atom is -0.391 e. The molecule has 3 rings (SSSR count). The second kappa shape index (κ2) is 5.92. The predicted octanol–water partition coefficient (Wildman–Crippen LogP) is 3.57. The quantitative estimate of drug-likeness (QED) is 0.803. The first-order valence-corrected chi connectivity index (χ1v) is 7.11. The van der Waals surface area contributed by atoms with Crippen LogP contribution >= 0.6 is 0 Å². The Hall–Kier alpha value is -2.42. The molecule has 3 heteroatoms. The molecule has 21 heavy (non-hydrogen) atoms. The molecule has 1 heterocycles. The lowest BCUT2D eigenvalue weighted by molar-refractivity contribution is 0.0857. The largest absolute Gasteiger partial charge is 0.391 e. The Bertz CT molecular complexity index is 677. The molecule has 3 nitrogen and oxygen atoms in total. The molecular weight excluding hydrogens is 262 g/mol. The summed E-state index contributed by atoms with van der Waals surface area (Å²) < 4.78 is 0. The standard InChI is InChI=1S/C18H17NO2/c1-13-7-5-6-10-15(13)11-16-12-17(19-21-16)18(20)14-8-3-2-4-9-14/h2-10,16H,11-12H2,1H3. The van der Waals surface area contributed by atoms with Crippen molar-refractivity contribution in [2.24, 2.45) is 5.16 Å². The number of hydrogen-bond acceptors (Lipinski definition) is 3. The fourth-order valence-electron chi connectivity index (χ4n) is 2.51. The number of carbonyl (C=O) groups excluding carboxylic acids is 1. The first-order chi connectivity index (χ1) is 10.2. The van der Waals surface area contributed by atoms with E-state index in [2.05, 4.69) is 24.2 Å². The van der Waals surface area contributed by atoms with Gasteiger partial charge < -0.3 is 4.84 Å². The van der Waals surface area contributed by atoms with Crippen LogP contribution in [0.4, 0.5) is 0 Å². The van der Waals surface area contributed by atoms with Crippen molar-refractivity contribution >= 4 is 11.5 Å². The maximum absolute atomic E-state index is 12.3. The van der Waals surface area contributed by atoms with Gasteiger partial charge >= 0.3 is 0 Å². The highest BCUT2D eigenvalue weighted by atomic mass is 16.6. The van der Waals surface area contributed by atoms with Crippen LogP contribution in [0.3, 0.4) is 0 Å². The number of ketones is 1. The third kappa shape index (κ3) is 3.02. The van der Waals surface area contributed by atoms with E-state index in [1.54, 1.807) is 12.1 Å². The van der Waals surface area contributed by atoms with Gasteiger partial charge in [0, 0.05) is 18.4 Å². The number of hydrogen-bond donors (Lipinski definition) is 0. The monoisotopic (exact) mass is 279 g/mol. The Balaban J connectivity index is 1.66. The lowest BCUT2D eigenvalue weighted by Crippen LogP contribution is -2.17. The van der Waals surface area contributed by atoms with Crippen molar-refractivity contribution in [2.75, 3.05) is 0 Å². The molecule has 2 aromatic carbocycles. The van der Waals surface area contributed by atoms with Crippen LogP contribution in [0.25, 0.3) is 0 Å². The molecule has 0 aromatic heterocycles. The summed E-state index contributed by atoms with van der Waals surface area (Å²) in [5.74, 6) is -0.0390. The Kier molecular flexibility index (Phi) is 3.82. The van der Waals surface area contributed by atoms with Crippen molar-refractivity contribution in [3.8, 4) is 0 Å². The zero-order chi connectivity index (χ0) is 14.7. The average molecular weight is 279 g/mol. The van der Waals surface area contributed by atoms with Crippen LogP contribution in [-0.2, 0) is 11.3 Å². The molecule has 0 bridgehead atoms. The van der Waals surface area contributed by atoms with E-state index in [4.69, 9.17) is 4.84 Å². The van der Waals surface area contributed by atoms with Gasteiger partial charge in [-0.3, -0.25) is 4.79 Å². The molecular formula is C18H17NO2. The number of carbonyl (C=O) groups is 1. The van der Waals surface area contributed by atoms with Crippen LogP contribution < -0.4 is 0 Å². The molecule has 0 amide bonds. The molecule has 0 N–H and O–H groups in total. The molecule has 1 unspecified atom stereocenters. The Morgan fingerprint density at radius 1 is 1.14 bits per heavy atom. The van der Waals surface area contributed by atoms with E-state index in [-0.39, 0.29) is 11.9 Å². The van der Waals surface area contributed by atoms with Crippen LogP contribution in [0.1, 0.15) is 27.9 Å². The van der Waals surface area contributed by atoms with E-state index in [9.17, 15) is 4.79 Å². The lowest BCUT2D eigenvalue weighted by atomic mass is 9.97. The molecule has 0 saturated heterocycles. The van der Waals surface area contributed by atoms with Gasteiger partial charge in [0.2, 0.25) is 5.78 Å². The van der Waals surface area contributed by atoms with Gasteiger partial charge in [-0.15, -0.1) is 0 Å². The lowest BCUT2D eigenvalue weighted by Gasteiger charge is -2.10. The minimum absolute atomic E-state index is 0.0390. The molecule has 2 aromatic rings. The first kappa shape index (κ1) is 13.6. The van der Waals surface area contributed by atoms with E-state index in [0.29, 0.717) is 17.7 Å². The molecule has 0 saturated carbocycles. The van der Waals surface area contributed by atoms with Crippen LogP contribution in [-0.4, -0.2) is 17.6 Å². The van der Waals surface area contributed by atoms with Crippen molar-refractivity contribution < 1.29 is 9.63 Å². The average Bonchev–Trinajstić information content (AvgIpc) is 2.98. The SMILES string of the molecule is Cc1ccccc1CC1CC(C(=O)c2ccccc2)=NO1. The number of rotatable bonds is 4. The van der Waals surface area contributed by atoms with Crippen LogP contribution in [0.5, 0.6) is 0 Å². The number of Topliss-reactive ketones (excluding diaryl/α,β-unsaturated/α-hetero) is 1. The second-order valence-electron chi connectivity index (χ2n) is 5.30. The highest BCUT2D eigenvalue weighted by Crippen LogP contribution is 2.20. The first-order valence-electron chi connectivity index (χ1n) is 7.11. The molecule has 0 aliphatic carbocycles. The molecule has 0 fully saturated rings. The summed E-state index contributed by atoms with van der Waals surface area (Å²) in [5.41, 5.74) is 3.66. The molecule has 0 spiro atoms.